The number of benzene rings is 1. The third kappa shape index (κ3) is 6.78. The van der Waals surface area contributed by atoms with Crippen LogP contribution in [0.15, 0.2) is 24.3 Å². The molecule has 0 saturated heterocycles. The van der Waals surface area contributed by atoms with Gasteiger partial charge in [0.05, 0.1) is 12.7 Å². The van der Waals surface area contributed by atoms with Gasteiger partial charge in [-0.3, -0.25) is 4.79 Å². The van der Waals surface area contributed by atoms with E-state index in [1.54, 1.807) is 4.31 Å². The van der Waals surface area contributed by atoms with Gasteiger partial charge in [-0.2, -0.15) is 4.31 Å². The molecule has 25 heavy (non-hydrogen) atoms. The van der Waals surface area contributed by atoms with Gasteiger partial charge < -0.3 is 5.32 Å². The van der Waals surface area contributed by atoms with Gasteiger partial charge in [0, 0.05) is 19.1 Å². The normalized spacial score (nSPS) is 16.6. The highest BCUT2D eigenvalue weighted by atomic mass is 32.2. The standard InChI is InChI=1S/C19H30N2O3S/c1-16-8-7-9-17(14-16)15-19(22)20-12-13-21(25(2,23)24)18-10-5-3-4-6-11-18/h7-9,14,18H,3-6,10-13,15H2,1-2H3,(H,20,22). The summed E-state index contributed by atoms with van der Waals surface area (Å²) in [6, 6.07) is 7.94. The SMILES string of the molecule is Cc1cccc(CC(=O)NCCN(C2CCCCCC2)S(C)(=O)=O)c1. The van der Waals surface area contributed by atoms with Crippen molar-refractivity contribution in [2.45, 2.75) is 57.9 Å². The van der Waals surface area contributed by atoms with E-state index in [2.05, 4.69) is 5.32 Å². The van der Waals surface area contributed by atoms with Crippen LogP contribution in [0.1, 0.15) is 49.7 Å². The van der Waals surface area contributed by atoms with Crippen molar-refractivity contribution in [3.63, 3.8) is 0 Å². The van der Waals surface area contributed by atoms with Crippen molar-refractivity contribution in [2.24, 2.45) is 0 Å². The van der Waals surface area contributed by atoms with Gasteiger partial charge in [0.2, 0.25) is 15.9 Å². The smallest absolute Gasteiger partial charge is 0.224 e. The molecule has 6 heteroatoms. The van der Waals surface area contributed by atoms with E-state index in [-0.39, 0.29) is 11.9 Å². The summed E-state index contributed by atoms with van der Waals surface area (Å²) >= 11 is 0. The Morgan fingerprint density at radius 1 is 1.20 bits per heavy atom. The molecular weight excluding hydrogens is 336 g/mol. The average Bonchev–Trinajstić information content (AvgIpc) is 2.79. The van der Waals surface area contributed by atoms with Crippen molar-refractivity contribution in [1.82, 2.24) is 9.62 Å². The molecule has 1 aliphatic rings. The number of amides is 1. The summed E-state index contributed by atoms with van der Waals surface area (Å²) in [4.78, 5) is 12.1. The monoisotopic (exact) mass is 366 g/mol. The molecule has 140 valence electrons. The first-order valence-corrected chi connectivity index (χ1v) is 11.0. The number of hydrogen-bond acceptors (Lipinski definition) is 3. The molecule has 1 saturated carbocycles. The van der Waals surface area contributed by atoms with Gasteiger partial charge in [-0.15, -0.1) is 0 Å². The summed E-state index contributed by atoms with van der Waals surface area (Å²) in [5, 5.41) is 2.86. The molecule has 0 aliphatic heterocycles. The third-order valence-corrected chi connectivity index (χ3v) is 6.09. The maximum atomic E-state index is 12.2. The van der Waals surface area contributed by atoms with Crippen LogP contribution in [0.4, 0.5) is 0 Å². The molecule has 5 nitrogen and oxygen atoms in total. The number of aryl methyl sites for hydroxylation is 1. The highest BCUT2D eigenvalue weighted by Crippen LogP contribution is 2.23. The molecule has 1 aromatic carbocycles. The first kappa shape index (κ1) is 19.9. The summed E-state index contributed by atoms with van der Waals surface area (Å²) in [5.74, 6) is -0.0695. The number of sulfonamides is 1. The highest BCUT2D eigenvalue weighted by Gasteiger charge is 2.26. The second-order valence-corrected chi connectivity index (χ2v) is 8.97. The Labute approximate surface area is 151 Å². The minimum absolute atomic E-state index is 0.0695. The molecule has 0 spiro atoms. The maximum Gasteiger partial charge on any atom is 0.224 e. The lowest BCUT2D eigenvalue weighted by Gasteiger charge is -2.29. The second-order valence-electron chi connectivity index (χ2n) is 7.03. The number of nitrogens with one attached hydrogen (secondary N) is 1. The van der Waals surface area contributed by atoms with Crippen LogP contribution >= 0.6 is 0 Å². The number of carbonyl (C=O) groups is 1. The fourth-order valence-electron chi connectivity index (χ4n) is 3.54. The van der Waals surface area contributed by atoms with Crippen LogP contribution in [0.3, 0.4) is 0 Å². The molecule has 0 aromatic heterocycles. The molecule has 1 N–H and O–H groups in total. The molecule has 0 unspecified atom stereocenters. The van der Waals surface area contributed by atoms with Crippen molar-refractivity contribution in [3.05, 3.63) is 35.4 Å². The number of nitrogens with zero attached hydrogens (tertiary/aromatic N) is 1. The Balaban J connectivity index is 1.86. The van der Waals surface area contributed by atoms with Crippen molar-refractivity contribution in [2.75, 3.05) is 19.3 Å². The molecule has 1 aromatic rings. The predicted octanol–water partition coefficient (Wildman–Crippen LogP) is 2.64. The zero-order chi connectivity index (χ0) is 18.3. The van der Waals surface area contributed by atoms with Crippen LogP contribution in [-0.2, 0) is 21.2 Å². The molecule has 2 rings (SSSR count). The Bertz CT molecular complexity index is 665. The van der Waals surface area contributed by atoms with Gasteiger partial charge in [0.15, 0.2) is 0 Å². The lowest BCUT2D eigenvalue weighted by molar-refractivity contribution is -0.120. The molecular formula is C19H30N2O3S. The van der Waals surface area contributed by atoms with Crippen LogP contribution in [0.2, 0.25) is 0 Å². The summed E-state index contributed by atoms with van der Waals surface area (Å²) in [6.45, 7) is 2.70. The lowest BCUT2D eigenvalue weighted by Crippen LogP contribution is -2.44. The van der Waals surface area contributed by atoms with Gasteiger partial charge in [-0.05, 0) is 25.3 Å². The maximum absolute atomic E-state index is 12.2. The predicted molar refractivity (Wildman–Crippen MR) is 101 cm³/mol. The molecule has 0 atom stereocenters. The van der Waals surface area contributed by atoms with E-state index in [4.69, 9.17) is 0 Å². The molecule has 1 fully saturated rings. The van der Waals surface area contributed by atoms with E-state index in [9.17, 15) is 13.2 Å². The summed E-state index contributed by atoms with van der Waals surface area (Å²) in [6.07, 6.45) is 7.96. The summed E-state index contributed by atoms with van der Waals surface area (Å²) in [5.41, 5.74) is 2.10. The molecule has 0 bridgehead atoms. The van der Waals surface area contributed by atoms with Crippen LogP contribution in [0.25, 0.3) is 0 Å². The first-order valence-electron chi connectivity index (χ1n) is 9.15. The Morgan fingerprint density at radius 2 is 1.88 bits per heavy atom. The molecule has 0 radical (unpaired) electrons. The Morgan fingerprint density at radius 3 is 2.48 bits per heavy atom. The Hall–Kier alpha value is -1.40. The first-order chi connectivity index (χ1) is 11.9. The number of hydrogen-bond donors (Lipinski definition) is 1. The van der Waals surface area contributed by atoms with Crippen LogP contribution in [0.5, 0.6) is 0 Å². The van der Waals surface area contributed by atoms with E-state index in [1.165, 1.54) is 19.1 Å². The van der Waals surface area contributed by atoms with Gasteiger partial charge >= 0.3 is 0 Å². The zero-order valence-electron chi connectivity index (χ0n) is 15.3. The van der Waals surface area contributed by atoms with Crippen molar-refractivity contribution in [3.8, 4) is 0 Å². The topological polar surface area (TPSA) is 66.5 Å². The zero-order valence-corrected chi connectivity index (χ0v) is 16.1. The molecule has 0 heterocycles. The Kier molecular flexibility index (Phi) is 7.44. The van der Waals surface area contributed by atoms with E-state index in [1.807, 2.05) is 31.2 Å². The average molecular weight is 367 g/mol. The van der Waals surface area contributed by atoms with Gasteiger partial charge in [0.25, 0.3) is 0 Å². The fraction of sp³-hybridized carbons (Fsp3) is 0.632. The van der Waals surface area contributed by atoms with E-state index in [0.717, 1.165) is 36.8 Å². The third-order valence-electron chi connectivity index (χ3n) is 4.76. The van der Waals surface area contributed by atoms with Crippen LogP contribution in [0, 0.1) is 6.92 Å². The van der Waals surface area contributed by atoms with Crippen LogP contribution < -0.4 is 5.32 Å². The van der Waals surface area contributed by atoms with Gasteiger partial charge in [0.1, 0.15) is 0 Å². The fourth-order valence-corrected chi connectivity index (χ4v) is 4.72. The van der Waals surface area contributed by atoms with Gasteiger partial charge in [-0.25, -0.2) is 8.42 Å². The molecule has 1 amide bonds. The van der Waals surface area contributed by atoms with Crippen molar-refractivity contribution >= 4 is 15.9 Å². The van der Waals surface area contributed by atoms with Gasteiger partial charge in [-0.1, -0.05) is 55.5 Å². The summed E-state index contributed by atoms with van der Waals surface area (Å²) < 4.78 is 25.9. The largest absolute Gasteiger partial charge is 0.354 e. The lowest BCUT2D eigenvalue weighted by atomic mass is 10.1. The van der Waals surface area contributed by atoms with Crippen LogP contribution in [-0.4, -0.2) is 44.0 Å². The highest BCUT2D eigenvalue weighted by molar-refractivity contribution is 7.88. The number of rotatable bonds is 7. The van der Waals surface area contributed by atoms with Crippen molar-refractivity contribution < 1.29 is 13.2 Å². The minimum Gasteiger partial charge on any atom is -0.354 e. The van der Waals surface area contributed by atoms with E-state index < -0.39 is 10.0 Å². The molecule has 1 aliphatic carbocycles. The number of carbonyl (C=O) groups excluding carboxylic acids is 1. The second kappa shape index (κ2) is 9.34. The summed E-state index contributed by atoms with van der Waals surface area (Å²) in [7, 11) is -3.26. The minimum atomic E-state index is -3.26. The van der Waals surface area contributed by atoms with E-state index >= 15 is 0 Å². The van der Waals surface area contributed by atoms with Crippen molar-refractivity contribution in [1.29, 1.82) is 0 Å². The quantitative estimate of drug-likeness (QED) is 0.755. The van der Waals surface area contributed by atoms with E-state index in [0.29, 0.717) is 19.5 Å².